The number of fused-ring (bicyclic) bond motifs is 5. The van der Waals surface area contributed by atoms with Gasteiger partial charge in [-0.3, -0.25) is 4.90 Å². The number of carbonyl (C=O) groups excluding carboxylic acids is 1. The molecule has 2 aromatic carbocycles. The molecule has 2 heterocycles. The van der Waals surface area contributed by atoms with Gasteiger partial charge in [-0.25, -0.2) is 4.79 Å². The van der Waals surface area contributed by atoms with Crippen molar-refractivity contribution in [1.82, 2.24) is 9.80 Å². The number of piperazine rings is 1. The van der Waals surface area contributed by atoms with E-state index in [1.807, 2.05) is 35.2 Å². The number of rotatable bonds is 4. The van der Waals surface area contributed by atoms with Crippen molar-refractivity contribution in [3.63, 3.8) is 0 Å². The summed E-state index contributed by atoms with van der Waals surface area (Å²) in [5.41, 5.74) is 5.17. The first kappa shape index (κ1) is 22.0. The minimum Gasteiger partial charge on any atom is -0.445 e. The zero-order valence-electron chi connectivity index (χ0n) is 20.2. The molecule has 2 bridgehead atoms. The topological polar surface area (TPSA) is 36.0 Å². The van der Waals surface area contributed by atoms with Crippen LogP contribution >= 0.6 is 0 Å². The second-order valence-corrected chi connectivity index (χ2v) is 10.6. The lowest BCUT2D eigenvalue weighted by Crippen LogP contribution is -2.50. The van der Waals surface area contributed by atoms with E-state index in [1.54, 1.807) is 0 Å². The SMILES string of the molecule is O=C(OCc1ccccc1)N1CCC2CC1c1cc(N3CCN(C4CCCCC4)CC3)ccc12. The number of hydrogen-bond acceptors (Lipinski definition) is 4. The normalized spacial score (nSPS) is 25.3. The molecule has 2 atom stereocenters. The summed E-state index contributed by atoms with van der Waals surface area (Å²) >= 11 is 0. The van der Waals surface area contributed by atoms with Crippen molar-refractivity contribution in [2.24, 2.45) is 0 Å². The molecule has 0 spiro atoms. The summed E-state index contributed by atoms with van der Waals surface area (Å²) in [5.74, 6) is 0.579. The van der Waals surface area contributed by atoms with Crippen molar-refractivity contribution in [2.75, 3.05) is 37.6 Å². The van der Waals surface area contributed by atoms with Crippen molar-refractivity contribution >= 4 is 11.8 Å². The predicted octanol–water partition coefficient (Wildman–Crippen LogP) is 5.71. The fourth-order valence-corrected chi connectivity index (χ4v) is 6.77. The minimum atomic E-state index is -0.174. The molecular weight excluding hydrogens is 422 g/mol. The molecule has 0 radical (unpaired) electrons. The summed E-state index contributed by atoms with van der Waals surface area (Å²) in [6, 6.07) is 18.0. The number of benzene rings is 2. The highest BCUT2D eigenvalue weighted by atomic mass is 16.6. The zero-order valence-corrected chi connectivity index (χ0v) is 20.2. The van der Waals surface area contributed by atoms with Gasteiger partial charge in [0, 0.05) is 44.5 Å². The third kappa shape index (κ3) is 4.31. The van der Waals surface area contributed by atoms with Crippen LogP contribution in [-0.2, 0) is 11.3 Å². The Labute approximate surface area is 203 Å². The molecule has 1 saturated carbocycles. The Kier molecular flexibility index (Phi) is 6.21. The molecule has 1 amide bonds. The van der Waals surface area contributed by atoms with E-state index in [9.17, 15) is 4.79 Å². The molecule has 2 aliphatic carbocycles. The van der Waals surface area contributed by atoms with Gasteiger partial charge in [0.1, 0.15) is 6.61 Å². The highest BCUT2D eigenvalue weighted by molar-refractivity contribution is 5.70. The van der Waals surface area contributed by atoms with E-state index < -0.39 is 0 Å². The van der Waals surface area contributed by atoms with Crippen LogP contribution in [0.25, 0.3) is 0 Å². The number of piperidine rings is 1. The third-order valence-electron chi connectivity index (χ3n) is 8.68. The van der Waals surface area contributed by atoms with Gasteiger partial charge in [0.2, 0.25) is 0 Å². The summed E-state index contributed by atoms with van der Waals surface area (Å²) in [6.07, 6.45) is 8.90. The zero-order chi connectivity index (χ0) is 22.9. The largest absolute Gasteiger partial charge is 0.445 e. The second kappa shape index (κ2) is 9.61. The molecule has 5 nitrogen and oxygen atoms in total. The van der Waals surface area contributed by atoms with Crippen LogP contribution in [0, 0.1) is 0 Å². The maximum Gasteiger partial charge on any atom is 0.410 e. The Morgan fingerprint density at radius 1 is 0.853 bits per heavy atom. The van der Waals surface area contributed by atoms with E-state index in [-0.39, 0.29) is 12.1 Å². The van der Waals surface area contributed by atoms with Crippen molar-refractivity contribution in [1.29, 1.82) is 0 Å². The number of ether oxygens (including phenoxy) is 1. The maximum atomic E-state index is 13.0. The van der Waals surface area contributed by atoms with E-state index in [0.717, 1.165) is 44.1 Å². The molecule has 2 aromatic rings. The van der Waals surface area contributed by atoms with E-state index >= 15 is 0 Å². The summed E-state index contributed by atoms with van der Waals surface area (Å²) in [4.78, 5) is 20.3. The van der Waals surface area contributed by atoms with Crippen molar-refractivity contribution in [3.8, 4) is 0 Å². The quantitative estimate of drug-likeness (QED) is 0.587. The van der Waals surface area contributed by atoms with Gasteiger partial charge in [0.25, 0.3) is 0 Å². The molecular formula is C29H37N3O2. The number of carbonyl (C=O) groups is 1. The Bertz CT molecular complexity index is 996. The van der Waals surface area contributed by atoms with Crippen molar-refractivity contribution < 1.29 is 9.53 Å². The molecule has 0 aromatic heterocycles. The highest BCUT2D eigenvalue weighted by Crippen LogP contribution is 2.50. The summed E-state index contributed by atoms with van der Waals surface area (Å²) in [5, 5.41) is 0. The highest BCUT2D eigenvalue weighted by Gasteiger charge is 2.41. The second-order valence-electron chi connectivity index (χ2n) is 10.6. The van der Waals surface area contributed by atoms with Crippen LogP contribution < -0.4 is 4.90 Å². The number of likely N-dealkylation sites (tertiary alicyclic amines) is 1. The molecule has 2 saturated heterocycles. The van der Waals surface area contributed by atoms with Gasteiger partial charge in [0.05, 0.1) is 6.04 Å². The number of hydrogen-bond donors (Lipinski definition) is 0. The van der Waals surface area contributed by atoms with Gasteiger partial charge in [-0.1, -0.05) is 55.7 Å². The molecule has 34 heavy (non-hydrogen) atoms. The smallest absolute Gasteiger partial charge is 0.410 e. The fourth-order valence-electron chi connectivity index (χ4n) is 6.77. The Morgan fingerprint density at radius 3 is 2.44 bits per heavy atom. The average Bonchev–Trinajstić information content (AvgIpc) is 3.19. The van der Waals surface area contributed by atoms with Crippen LogP contribution in [-0.4, -0.2) is 54.7 Å². The van der Waals surface area contributed by atoms with Crippen LogP contribution in [0.3, 0.4) is 0 Å². The third-order valence-corrected chi connectivity index (χ3v) is 8.68. The van der Waals surface area contributed by atoms with Gasteiger partial charge >= 0.3 is 6.09 Å². The van der Waals surface area contributed by atoms with Gasteiger partial charge in [-0.05, 0) is 60.4 Å². The van der Waals surface area contributed by atoms with Crippen LogP contribution in [0.2, 0.25) is 0 Å². The van der Waals surface area contributed by atoms with Gasteiger partial charge in [0.15, 0.2) is 0 Å². The molecule has 2 unspecified atom stereocenters. The molecule has 6 rings (SSSR count). The lowest BCUT2D eigenvalue weighted by Gasteiger charge is -2.41. The predicted molar refractivity (Wildman–Crippen MR) is 135 cm³/mol. The Hall–Kier alpha value is -2.53. The van der Waals surface area contributed by atoms with Crippen LogP contribution in [0.4, 0.5) is 10.5 Å². The lowest BCUT2D eigenvalue weighted by atomic mass is 9.93. The van der Waals surface area contributed by atoms with E-state index in [0.29, 0.717) is 12.5 Å². The maximum absolute atomic E-state index is 13.0. The summed E-state index contributed by atoms with van der Waals surface area (Å²) < 4.78 is 5.72. The molecule has 180 valence electrons. The number of amides is 1. The molecule has 2 aliphatic heterocycles. The first-order chi connectivity index (χ1) is 16.8. The summed E-state index contributed by atoms with van der Waals surface area (Å²) in [6.45, 7) is 5.67. The molecule has 0 N–H and O–H groups in total. The van der Waals surface area contributed by atoms with Crippen LogP contribution in [0.5, 0.6) is 0 Å². The Morgan fingerprint density at radius 2 is 1.65 bits per heavy atom. The molecule has 5 heteroatoms. The number of anilines is 1. The first-order valence-electron chi connectivity index (χ1n) is 13.4. The lowest BCUT2D eigenvalue weighted by molar-refractivity contribution is 0.0694. The Balaban J connectivity index is 1.12. The molecule has 3 fully saturated rings. The number of nitrogens with zero attached hydrogens (tertiary/aromatic N) is 3. The first-order valence-corrected chi connectivity index (χ1v) is 13.4. The van der Waals surface area contributed by atoms with Gasteiger partial charge < -0.3 is 14.5 Å². The molecule has 4 aliphatic rings. The van der Waals surface area contributed by atoms with Gasteiger partial charge in [-0.15, -0.1) is 0 Å². The minimum absolute atomic E-state index is 0.153. The van der Waals surface area contributed by atoms with Crippen LogP contribution in [0.15, 0.2) is 48.5 Å². The average molecular weight is 460 g/mol. The fraction of sp³-hybridized carbons (Fsp3) is 0.552. The van der Waals surface area contributed by atoms with E-state index in [1.165, 1.54) is 62.0 Å². The monoisotopic (exact) mass is 459 g/mol. The van der Waals surface area contributed by atoms with E-state index in [4.69, 9.17) is 4.74 Å². The standard InChI is InChI=1S/C29H37N3O2/c33-29(34-21-22-7-3-1-4-8-22)32-14-13-23-19-28(32)27-20-25(11-12-26(23)27)31-17-15-30(16-18-31)24-9-5-2-6-10-24/h1,3-4,7-8,11-12,20,23-24,28H,2,5-6,9-10,13-19,21H2. The summed E-state index contributed by atoms with van der Waals surface area (Å²) in [7, 11) is 0. The van der Waals surface area contributed by atoms with Crippen molar-refractivity contribution in [2.45, 2.75) is 69.6 Å². The van der Waals surface area contributed by atoms with Crippen molar-refractivity contribution in [3.05, 3.63) is 65.2 Å². The van der Waals surface area contributed by atoms with Crippen LogP contribution in [0.1, 0.15) is 73.6 Å². The van der Waals surface area contributed by atoms with Gasteiger partial charge in [-0.2, -0.15) is 0 Å². The van der Waals surface area contributed by atoms with E-state index in [2.05, 4.69) is 28.0 Å².